The number of alkyl carbamates (subject to hydrolysis) is 1. The minimum atomic E-state index is -0.878. The molecule has 0 saturated carbocycles. The summed E-state index contributed by atoms with van der Waals surface area (Å²) in [4.78, 5) is 34.1. The highest BCUT2D eigenvalue weighted by molar-refractivity contribution is 5.95. The van der Waals surface area contributed by atoms with Gasteiger partial charge >= 0.3 is 12.1 Å². The van der Waals surface area contributed by atoms with Crippen LogP contribution in [0.2, 0.25) is 0 Å². The first-order chi connectivity index (χ1) is 8.56. The number of methoxy groups -OCH3 is 1. The van der Waals surface area contributed by atoms with Crippen molar-refractivity contribution < 1.29 is 23.9 Å². The van der Waals surface area contributed by atoms with Gasteiger partial charge in [-0.15, -0.1) is 0 Å². The number of ether oxygens (including phenoxy) is 2. The molecule has 0 radical (unpaired) electrons. The largest absolute Gasteiger partial charge is 0.464 e. The zero-order chi connectivity index (χ0) is 15.2. The van der Waals surface area contributed by atoms with Gasteiger partial charge in [-0.2, -0.15) is 0 Å². The second kappa shape index (κ2) is 6.77. The number of carbonyl (C=O) groups is 3. The lowest BCUT2D eigenvalue weighted by Gasteiger charge is -2.21. The first-order valence-corrected chi connectivity index (χ1v) is 5.64. The van der Waals surface area contributed by atoms with Gasteiger partial charge in [-0.25, -0.2) is 9.59 Å². The van der Waals surface area contributed by atoms with Crippen molar-refractivity contribution >= 4 is 18.0 Å². The number of amides is 2. The van der Waals surface area contributed by atoms with E-state index in [0.717, 1.165) is 0 Å². The van der Waals surface area contributed by atoms with Crippen molar-refractivity contribution in [1.82, 2.24) is 10.6 Å². The van der Waals surface area contributed by atoms with E-state index >= 15 is 0 Å². The summed E-state index contributed by atoms with van der Waals surface area (Å²) in [5, 5.41) is 4.55. The highest BCUT2D eigenvalue weighted by atomic mass is 16.6. The second-order valence-corrected chi connectivity index (χ2v) is 4.83. The zero-order valence-corrected chi connectivity index (χ0v) is 11.8. The van der Waals surface area contributed by atoms with E-state index in [9.17, 15) is 14.4 Å². The van der Waals surface area contributed by atoms with Crippen LogP contribution in [0.5, 0.6) is 0 Å². The molecule has 0 unspecified atom stereocenters. The van der Waals surface area contributed by atoms with Crippen LogP contribution < -0.4 is 10.6 Å². The van der Waals surface area contributed by atoms with Crippen LogP contribution in [-0.2, 0) is 19.1 Å². The van der Waals surface area contributed by atoms with Crippen molar-refractivity contribution in [3.63, 3.8) is 0 Å². The smallest absolute Gasteiger partial charge is 0.408 e. The number of hydrogen-bond acceptors (Lipinski definition) is 5. The van der Waals surface area contributed by atoms with Gasteiger partial charge in [0.05, 0.1) is 7.11 Å². The second-order valence-electron chi connectivity index (χ2n) is 4.83. The fourth-order valence-corrected chi connectivity index (χ4v) is 0.981. The van der Waals surface area contributed by atoms with Crippen molar-refractivity contribution in [2.75, 3.05) is 7.11 Å². The highest BCUT2D eigenvalue weighted by Gasteiger charge is 2.22. The van der Waals surface area contributed by atoms with Crippen LogP contribution in [0.1, 0.15) is 27.7 Å². The predicted molar refractivity (Wildman–Crippen MR) is 68.1 cm³/mol. The molecule has 0 rings (SSSR count). The van der Waals surface area contributed by atoms with E-state index in [1.165, 1.54) is 14.0 Å². The molecule has 0 aliphatic rings. The summed E-state index contributed by atoms with van der Waals surface area (Å²) in [7, 11) is 1.17. The van der Waals surface area contributed by atoms with Gasteiger partial charge in [0.25, 0.3) is 0 Å². The number of nitrogens with one attached hydrogen (secondary N) is 2. The molecular weight excluding hydrogens is 252 g/mol. The zero-order valence-electron chi connectivity index (χ0n) is 11.8. The van der Waals surface area contributed by atoms with Gasteiger partial charge in [-0.05, 0) is 27.7 Å². The van der Waals surface area contributed by atoms with E-state index in [2.05, 4.69) is 21.9 Å². The molecule has 0 heterocycles. The topological polar surface area (TPSA) is 93.7 Å². The van der Waals surface area contributed by atoms with Gasteiger partial charge in [0.1, 0.15) is 17.3 Å². The Balaban J connectivity index is 4.32. The fourth-order valence-electron chi connectivity index (χ4n) is 0.981. The van der Waals surface area contributed by atoms with E-state index in [-0.39, 0.29) is 5.70 Å². The molecule has 0 aliphatic carbocycles. The van der Waals surface area contributed by atoms with Crippen molar-refractivity contribution in [3.8, 4) is 0 Å². The monoisotopic (exact) mass is 272 g/mol. The summed E-state index contributed by atoms with van der Waals surface area (Å²) in [6.45, 7) is 9.90. The summed E-state index contributed by atoms with van der Waals surface area (Å²) in [6, 6.07) is -0.878. The summed E-state index contributed by atoms with van der Waals surface area (Å²) in [5.41, 5.74) is -0.860. The predicted octanol–water partition coefficient (Wildman–Crippen LogP) is 0.702. The van der Waals surface area contributed by atoms with E-state index in [1.807, 2.05) is 0 Å². The molecule has 2 N–H and O–H groups in total. The van der Waals surface area contributed by atoms with Gasteiger partial charge in [0.2, 0.25) is 5.91 Å². The van der Waals surface area contributed by atoms with Crippen molar-refractivity contribution in [1.29, 1.82) is 0 Å². The molecule has 1 atom stereocenters. The van der Waals surface area contributed by atoms with Crippen molar-refractivity contribution in [2.45, 2.75) is 39.3 Å². The van der Waals surface area contributed by atoms with E-state index < -0.39 is 29.6 Å². The standard InChI is InChI=1S/C12H20N2O5/c1-7(14-11(17)19-12(3,4)5)9(15)13-8(2)10(16)18-6/h7H,2H2,1,3-6H3,(H,13,15)(H,14,17)/t7-/m0/s1. The van der Waals surface area contributed by atoms with Crippen LogP contribution in [0.3, 0.4) is 0 Å². The molecule has 0 aliphatic heterocycles. The molecular formula is C12H20N2O5. The first kappa shape index (κ1) is 16.9. The van der Waals surface area contributed by atoms with Gasteiger partial charge < -0.3 is 20.1 Å². The minimum absolute atomic E-state index is 0.203. The molecule has 2 amide bonds. The third kappa shape index (κ3) is 7.07. The maximum absolute atomic E-state index is 11.6. The quantitative estimate of drug-likeness (QED) is 0.580. The fraction of sp³-hybridized carbons (Fsp3) is 0.583. The molecule has 0 saturated heterocycles. The third-order valence-electron chi connectivity index (χ3n) is 1.83. The van der Waals surface area contributed by atoms with Crippen LogP contribution in [0.4, 0.5) is 4.79 Å². The average Bonchev–Trinajstić information content (AvgIpc) is 2.24. The van der Waals surface area contributed by atoms with Gasteiger partial charge in [0.15, 0.2) is 0 Å². The average molecular weight is 272 g/mol. The summed E-state index contributed by atoms with van der Waals surface area (Å²) in [5.74, 6) is -1.35. The molecule has 0 aromatic carbocycles. The Morgan fingerprint density at radius 3 is 2.16 bits per heavy atom. The van der Waals surface area contributed by atoms with Gasteiger partial charge in [-0.3, -0.25) is 4.79 Å². The molecule has 0 aromatic rings. The third-order valence-corrected chi connectivity index (χ3v) is 1.83. The van der Waals surface area contributed by atoms with Crippen LogP contribution in [-0.4, -0.2) is 36.7 Å². The highest BCUT2D eigenvalue weighted by Crippen LogP contribution is 2.06. The maximum Gasteiger partial charge on any atom is 0.408 e. The molecule has 0 fully saturated rings. The maximum atomic E-state index is 11.6. The molecule has 19 heavy (non-hydrogen) atoms. The van der Waals surface area contributed by atoms with Crippen LogP contribution in [0.25, 0.3) is 0 Å². The Morgan fingerprint density at radius 2 is 1.74 bits per heavy atom. The van der Waals surface area contributed by atoms with Gasteiger partial charge in [0, 0.05) is 0 Å². The van der Waals surface area contributed by atoms with E-state index in [0.29, 0.717) is 0 Å². The lowest BCUT2D eigenvalue weighted by Crippen LogP contribution is -2.46. The van der Waals surface area contributed by atoms with Crippen molar-refractivity contribution in [3.05, 3.63) is 12.3 Å². The molecule has 0 aromatic heterocycles. The number of rotatable bonds is 4. The Labute approximate surface area is 112 Å². The van der Waals surface area contributed by atoms with Crippen LogP contribution >= 0.6 is 0 Å². The van der Waals surface area contributed by atoms with E-state index in [4.69, 9.17) is 4.74 Å². The SMILES string of the molecule is C=C(NC(=O)[C@H](C)NC(=O)OC(C)(C)C)C(=O)OC. The Morgan fingerprint density at radius 1 is 1.21 bits per heavy atom. The van der Waals surface area contributed by atoms with Crippen LogP contribution in [0, 0.1) is 0 Å². The van der Waals surface area contributed by atoms with Crippen LogP contribution in [0.15, 0.2) is 12.3 Å². The molecule has 7 heteroatoms. The normalized spacial score (nSPS) is 12.1. The Bertz CT molecular complexity index is 384. The first-order valence-electron chi connectivity index (χ1n) is 5.64. The lowest BCUT2D eigenvalue weighted by atomic mass is 10.2. The lowest BCUT2D eigenvalue weighted by molar-refractivity contribution is -0.137. The van der Waals surface area contributed by atoms with Crippen molar-refractivity contribution in [2.24, 2.45) is 0 Å². The molecule has 0 bridgehead atoms. The molecule has 108 valence electrons. The van der Waals surface area contributed by atoms with Gasteiger partial charge in [-0.1, -0.05) is 6.58 Å². The summed E-state index contributed by atoms with van der Waals surface area (Å²) < 4.78 is 9.36. The molecule has 0 spiro atoms. The number of hydrogen-bond donors (Lipinski definition) is 2. The Kier molecular flexibility index (Phi) is 6.04. The minimum Gasteiger partial charge on any atom is -0.464 e. The number of carbonyl (C=O) groups excluding carboxylic acids is 3. The van der Waals surface area contributed by atoms with E-state index in [1.54, 1.807) is 20.8 Å². The number of esters is 1. The molecule has 7 nitrogen and oxygen atoms in total. The summed E-state index contributed by atoms with van der Waals surface area (Å²) >= 11 is 0. The summed E-state index contributed by atoms with van der Waals surface area (Å²) in [6.07, 6.45) is -0.723. The Hall–Kier alpha value is -2.05.